The fourth-order valence-corrected chi connectivity index (χ4v) is 2.21. The monoisotopic (exact) mass is 271 g/mol. The van der Waals surface area contributed by atoms with E-state index < -0.39 is 0 Å². The second-order valence-corrected chi connectivity index (χ2v) is 4.91. The van der Waals surface area contributed by atoms with Crippen molar-refractivity contribution in [3.05, 3.63) is 30.1 Å². The van der Waals surface area contributed by atoms with E-state index in [0.717, 1.165) is 6.42 Å². The molecule has 3 nitrogen and oxygen atoms in total. The molecule has 1 amide bonds. The molecule has 0 aliphatic carbocycles. The van der Waals surface area contributed by atoms with Gasteiger partial charge in [0.1, 0.15) is 11.6 Å². The maximum absolute atomic E-state index is 12.6. The molecule has 2 rings (SSSR count). The van der Waals surface area contributed by atoms with Crippen molar-refractivity contribution in [1.82, 2.24) is 4.90 Å². The summed E-state index contributed by atoms with van der Waals surface area (Å²) in [6.45, 7) is 1.78. The van der Waals surface area contributed by atoms with Gasteiger partial charge >= 0.3 is 0 Å². The molecule has 98 valence electrons. The van der Waals surface area contributed by atoms with Gasteiger partial charge in [0.15, 0.2) is 0 Å². The quantitative estimate of drug-likeness (QED) is 0.608. The van der Waals surface area contributed by atoms with E-state index in [1.165, 1.54) is 12.1 Å². The number of carbonyl (C=O) groups excluding carboxylic acids is 1. The number of halogens is 2. The van der Waals surface area contributed by atoms with Crippen LogP contribution in [-0.2, 0) is 4.79 Å². The lowest BCUT2D eigenvalue weighted by atomic mass is 10.3. The van der Waals surface area contributed by atoms with E-state index in [4.69, 9.17) is 16.3 Å². The third-order valence-electron chi connectivity index (χ3n) is 2.82. The van der Waals surface area contributed by atoms with Crippen molar-refractivity contribution in [2.75, 3.05) is 19.7 Å². The topological polar surface area (TPSA) is 29.5 Å². The molecule has 1 aliphatic rings. The zero-order valence-electron chi connectivity index (χ0n) is 9.94. The minimum absolute atomic E-state index is 0.0597. The number of hydrogen-bond donors (Lipinski definition) is 0. The fourth-order valence-electron chi connectivity index (χ4n) is 1.92. The summed E-state index contributed by atoms with van der Waals surface area (Å²) in [4.78, 5) is 13.2. The highest BCUT2D eigenvalue weighted by Crippen LogP contribution is 2.16. The van der Waals surface area contributed by atoms with Gasteiger partial charge in [-0.2, -0.15) is 0 Å². The summed E-state index contributed by atoms with van der Waals surface area (Å²) in [5.41, 5.74) is 0. The molecule has 0 radical (unpaired) electrons. The van der Waals surface area contributed by atoms with E-state index in [2.05, 4.69) is 0 Å². The molecular formula is C13H15ClFNO2. The molecule has 0 N–H and O–H groups in total. The van der Waals surface area contributed by atoms with Crippen LogP contribution in [0.5, 0.6) is 5.75 Å². The van der Waals surface area contributed by atoms with Gasteiger partial charge < -0.3 is 9.64 Å². The first-order chi connectivity index (χ1) is 8.65. The summed E-state index contributed by atoms with van der Waals surface area (Å²) in [6.07, 6.45) is 1.17. The van der Waals surface area contributed by atoms with Crippen molar-refractivity contribution in [2.45, 2.75) is 18.2 Å². The maximum Gasteiger partial charge on any atom is 0.224 e. The van der Waals surface area contributed by atoms with E-state index in [-0.39, 0.29) is 17.1 Å². The number of nitrogens with zero attached hydrogens (tertiary/aromatic N) is 1. The lowest BCUT2D eigenvalue weighted by Crippen LogP contribution is -2.27. The number of ether oxygens (including phenoxy) is 1. The molecule has 5 heteroatoms. The molecular weight excluding hydrogens is 257 g/mol. The van der Waals surface area contributed by atoms with Crippen LogP contribution in [0.15, 0.2) is 24.3 Å². The van der Waals surface area contributed by atoms with Crippen molar-refractivity contribution in [3.8, 4) is 5.75 Å². The van der Waals surface area contributed by atoms with E-state index in [0.29, 0.717) is 31.9 Å². The Kier molecular flexibility index (Phi) is 4.42. The zero-order chi connectivity index (χ0) is 13.0. The van der Waals surface area contributed by atoms with Gasteiger partial charge in [-0.3, -0.25) is 4.79 Å². The van der Waals surface area contributed by atoms with Crippen LogP contribution in [0.2, 0.25) is 0 Å². The summed E-state index contributed by atoms with van der Waals surface area (Å²) >= 11 is 5.90. The third-order valence-corrected chi connectivity index (χ3v) is 3.11. The van der Waals surface area contributed by atoms with Gasteiger partial charge in [0, 0.05) is 19.5 Å². The highest BCUT2D eigenvalue weighted by Gasteiger charge is 2.27. The summed E-state index contributed by atoms with van der Waals surface area (Å²) in [5, 5.41) is -0.0597. The molecule has 0 aromatic heterocycles. The van der Waals surface area contributed by atoms with Crippen LogP contribution >= 0.6 is 11.6 Å². The lowest BCUT2D eigenvalue weighted by molar-refractivity contribution is -0.127. The van der Waals surface area contributed by atoms with Crippen LogP contribution in [0.1, 0.15) is 12.8 Å². The first kappa shape index (κ1) is 13.1. The molecule has 1 aromatic carbocycles. The minimum Gasteiger partial charge on any atom is -0.494 e. The van der Waals surface area contributed by atoms with Crippen LogP contribution in [0.4, 0.5) is 4.39 Å². The molecule has 1 aromatic rings. The summed E-state index contributed by atoms with van der Waals surface area (Å²) in [5.74, 6) is 0.467. The molecule has 1 unspecified atom stereocenters. The smallest absolute Gasteiger partial charge is 0.224 e. The fraction of sp³-hybridized carbons (Fsp3) is 0.462. The maximum atomic E-state index is 12.6. The Morgan fingerprint density at radius 3 is 2.72 bits per heavy atom. The molecule has 0 spiro atoms. The molecule has 18 heavy (non-hydrogen) atoms. The summed E-state index contributed by atoms with van der Waals surface area (Å²) in [7, 11) is 0. The van der Waals surface area contributed by atoms with Gasteiger partial charge in [-0.25, -0.2) is 4.39 Å². The number of hydrogen-bond acceptors (Lipinski definition) is 2. The number of benzene rings is 1. The van der Waals surface area contributed by atoms with Gasteiger partial charge in [-0.05, 0) is 30.7 Å². The Labute approximate surface area is 110 Å². The minimum atomic E-state index is -0.279. The molecule has 1 saturated heterocycles. The van der Waals surface area contributed by atoms with E-state index in [9.17, 15) is 9.18 Å². The van der Waals surface area contributed by atoms with Crippen LogP contribution in [0, 0.1) is 5.82 Å². The Morgan fingerprint density at radius 2 is 2.11 bits per heavy atom. The standard InChI is InChI=1S/C13H15ClFNO2/c14-10-8-13(17)16(9-10)6-1-7-18-12-4-2-11(15)3-5-12/h2-5,10H,1,6-9H2. The number of rotatable bonds is 5. The van der Waals surface area contributed by atoms with Crippen LogP contribution in [0.3, 0.4) is 0 Å². The average molecular weight is 272 g/mol. The molecule has 0 bridgehead atoms. The van der Waals surface area contributed by atoms with Crippen molar-refractivity contribution in [2.24, 2.45) is 0 Å². The largest absolute Gasteiger partial charge is 0.494 e. The van der Waals surface area contributed by atoms with Gasteiger partial charge in [-0.15, -0.1) is 11.6 Å². The number of amides is 1. The molecule has 0 saturated carbocycles. The van der Waals surface area contributed by atoms with E-state index >= 15 is 0 Å². The Bertz CT molecular complexity index is 410. The number of likely N-dealkylation sites (tertiary alicyclic amines) is 1. The Morgan fingerprint density at radius 1 is 1.39 bits per heavy atom. The normalized spacial score (nSPS) is 19.3. The second kappa shape index (κ2) is 6.05. The van der Waals surface area contributed by atoms with E-state index in [1.807, 2.05) is 0 Å². The predicted octanol–water partition coefficient (Wildman–Crippen LogP) is 2.43. The molecule has 1 aliphatic heterocycles. The Balaban J connectivity index is 1.67. The van der Waals surface area contributed by atoms with Crippen LogP contribution in [-0.4, -0.2) is 35.9 Å². The molecule has 1 atom stereocenters. The van der Waals surface area contributed by atoms with Crippen molar-refractivity contribution in [3.63, 3.8) is 0 Å². The SMILES string of the molecule is O=C1CC(Cl)CN1CCCOc1ccc(F)cc1. The van der Waals surface area contributed by atoms with Crippen LogP contribution < -0.4 is 4.74 Å². The Hall–Kier alpha value is -1.29. The predicted molar refractivity (Wildman–Crippen MR) is 67.4 cm³/mol. The third kappa shape index (κ3) is 3.60. The van der Waals surface area contributed by atoms with Gasteiger partial charge in [0.2, 0.25) is 5.91 Å². The first-order valence-electron chi connectivity index (χ1n) is 5.95. The lowest BCUT2D eigenvalue weighted by Gasteiger charge is -2.15. The summed E-state index contributed by atoms with van der Waals surface area (Å²) in [6, 6.07) is 5.89. The number of carbonyl (C=O) groups is 1. The van der Waals surface area contributed by atoms with Gasteiger partial charge in [0.05, 0.1) is 12.0 Å². The van der Waals surface area contributed by atoms with E-state index in [1.54, 1.807) is 17.0 Å². The first-order valence-corrected chi connectivity index (χ1v) is 6.39. The highest BCUT2D eigenvalue weighted by molar-refractivity contribution is 6.22. The summed E-state index contributed by atoms with van der Waals surface area (Å²) < 4.78 is 18.1. The van der Waals surface area contributed by atoms with Gasteiger partial charge in [-0.1, -0.05) is 0 Å². The van der Waals surface area contributed by atoms with Gasteiger partial charge in [0.25, 0.3) is 0 Å². The van der Waals surface area contributed by atoms with Crippen molar-refractivity contribution < 1.29 is 13.9 Å². The average Bonchev–Trinajstić information content (AvgIpc) is 2.66. The second-order valence-electron chi connectivity index (χ2n) is 4.30. The molecule has 1 fully saturated rings. The van der Waals surface area contributed by atoms with Crippen molar-refractivity contribution in [1.29, 1.82) is 0 Å². The van der Waals surface area contributed by atoms with Crippen molar-refractivity contribution >= 4 is 17.5 Å². The molecule has 1 heterocycles. The zero-order valence-corrected chi connectivity index (χ0v) is 10.7. The highest BCUT2D eigenvalue weighted by atomic mass is 35.5. The van der Waals surface area contributed by atoms with Crippen LogP contribution in [0.25, 0.3) is 0 Å². The number of alkyl halides is 1.